The molecule has 0 aromatic carbocycles. The molecule has 0 spiro atoms. The Balaban J connectivity index is 2.55. The van der Waals surface area contributed by atoms with Crippen LogP contribution in [0.5, 0.6) is 0 Å². The van der Waals surface area contributed by atoms with Gasteiger partial charge in [0.25, 0.3) is 0 Å². The summed E-state index contributed by atoms with van der Waals surface area (Å²) in [5.74, 6) is -0.466. The van der Waals surface area contributed by atoms with Gasteiger partial charge in [0.05, 0.1) is 19.2 Å². The maximum atomic E-state index is 9.61. The van der Waals surface area contributed by atoms with Gasteiger partial charge >= 0.3 is 0 Å². The second-order valence-corrected chi connectivity index (χ2v) is 4.50. The highest BCUT2D eigenvalue weighted by Gasteiger charge is 2.50. The third-order valence-electron chi connectivity index (χ3n) is 3.44. The predicted octanol–water partition coefficient (Wildman–Crippen LogP) is 0.450. The predicted molar refractivity (Wildman–Crippen MR) is 54.1 cm³/mol. The van der Waals surface area contributed by atoms with Gasteiger partial charge in [0.1, 0.15) is 0 Å². The van der Waals surface area contributed by atoms with Crippen molar-refractivity contribution in [2.75, 3.05) is 27.3 Å². The van der Waals surface area contributed by atoms with E-state index in [1.807, 2.05) is 13.8 Å². The van der Waals surface area contributed by atoms with E-state index in [-0.39, 0.29) is 11.6 Å². The molecule has 4 nitrogen and oxygen atoms in total. The molecule has 0 amide bonds. The van der Waals surface area contributed by atoms with E-state index in [1.165, 1.54) is 0 Å². The molecule has 1 rings (SSSR count). The van der Waals surface area contributed by atoms with Crippen LogP contribution in [0.15, 0.2) is 0 Å². The summed E-state index contributed by atoms with van der Waals surface area (Å²) in [6.07, 6.45) is -0.366. The van der Waals surface area contributed by atoms with Crippen molar-refractivity contribution in [2.45, 2.75) is 38.2 Å². The molecule has 1 atom stereocenters. The number of aliphatic hydroxyl groups excluding tert-OH is 1. The molecule has 1 aliphatic rings. The second kappa shape index (κ2) is 3.77. The number of hydrogen-bond donors (Lipinski definition) is 1. The summed E-state index contributed by atoms with van der Waals surface area (Å²) in [6, 6.07) is 0. The Labute approximate surface area is 85.8 Å². The summed E-state index contributed by atoms with van der Waals surface area (Å²) in [4.78, 5) is 2.16. The molecule has 1 saturated heterocycles. The first-order valence-electron chi connectivity index (χ1n) is 4.91. The van der Waals surface area contributed by atoms with Crippen LogP contribution in [0.4, 0.5) is 0 Å². The molecule has 0 saturated carbocycles. The summed E-state index contributed by atoms with van der Waals surface area (Å²) in [6.45, 7) is 7.26. The summed E-state index contributed by atoms with van der Waals surface area (Å²) in [5.41, 5.74) is -0.222. The van der Waals surface area contributed by atoms with Crippen molar-refractivity contribution < 1.29 is 14.6 Å². The van der Waals surface area contributed by atoms with Crippen molar-refractivity contribution in [2.24, 2.45) is 0 Å². The lowest BCUT2D eigenvalue weighted by atomic mass is 9.90. The lowest BCUT2D eigenvalue weighted by molar-refractivity contribution is -0.295. The highest BCUT2D eigenvalue weighted by atomic mass is 16.7. The van der Waals surface area contributed by atoms with E-state index < -0.39 is 5.79 Å². The minimum atomic E-state index is -0.466. The molecule has 0 aliphatic carbocycles. The zero-order chi connectivity index (χ0) is 11.0. The van der Waals surface area contributed by atoms with Crippen LogP contribution in [0.1, 0.15) is 20.8 Å². The van der Waals surface area contributed by atoms with Crippen molar-refractivity contribution >= 4 is 0 Å². The smallest absolute Gasteiger partial charge is 0.193 e. The van der Waals surface area contributed by atoms with E-state index in [0.29, 0.717) is 13.1 Å². The average Bonchev–Trinajstić information content (AvgIpc) is 2.03. The number of ether oxygens (including phenoxy) is 2. The molecule has 0 bridgehead atoms. The fourth-order valence-electron chi connectivity index (χ4n) is 1.55. The first kappa shape index (κ1) is 11.9. The molecule has 0 radical (unpaired) electrons. The van der Waals surface area contributed by atoms with Gasteiger partial charge < -0.3 is 14.6 Å². The van der Waals surface area contributed by atoms with E-state index in [0.717, 1.165) is 0 Å². The standard InChI is InChI=1S/C10H21NO3/c1-8(12)9(2,3)11-6-10(7-11,13-4)14-5/h8,12H,6-7H2,1-5H3. The van der Waals surface area contributed by atoms with Gasteiger partial charge in [0, 0.05) is 19.8 Å². The van der Waals surface area contributed by atoms with Crippen LogP contribution >= 0.6 is 0 Å². The fourth-order valence-corrected chi connectivity index (χ4v) is 1.55. The van der Waals surface area contributed by atoms with Gasteiger partial charge in [-0.2, -0.15) is 0 Å². The van der Waals surface area contributed by atoms with Crippen molar-refractivity contribution in [1.82, 2.24) is 4.90 Å². The Kier molecular flexibility index (Phi) is 3.21. The molecule has 1 fully saturated rings. The third-order valence-corrected chi connectivity index (χ3v) is 3.44. The summed E-state index contributed by atoms with van der Waals surface area (Å²) >= 11 is 0. The number of aliphatic hydroxyl groups is 1. The molecule has 14 heavy (non-hydrogen) atoms. The number of hydrogen-bond acceptors (Lipinski definition) is 4. The molecular formula is C10H21NO3. The van der Waals surface area contributed by atoms with Crippen LogP contribution in [0.3, 0.4) is 0 Å². The first-order valence-corrected chi connectivity index (χ1v) is 4.91. The van der Waals surface area contributed by atoms with Gasteiger partial charge in [-0.15, -0.1) is 0 Å². The largest absolute Gasteiger partial charge is 0.392 e. The monoisotopic (exact) mass is 203 g/mol. The van der Waals surface area contributed by atoms with Crippen molar-refractivity contribution in [3.8, 4) is 0 Å². The van der Waals surface area contributed by atoms with Crippen molar-refractivity contribution in [3.63, 3.8) is 0 Å². The van der Waals surface area contributed by atoms with Crippen LogP contribution < -0.4 is 0 Å². The van der Waals surface area contributed by atoms with Crippen LogP contribution in [-0.4, -0.2) is 54.7 Å². The van der Waals surface area contributed by atoms with Gasteiger partial charge in [-0.25, -0.2) is 0 Å². The second-order valence-electron chi connectivity index (χ2n) is 4.50. The Hall–Kier alpha value is -0.160. The number of likely N-dealkylation sites (tertiary alicyclic amines) is 1. The van der Waals surface area contributed by atoms with Crippen LogP contribution in [0, 0.1) is 0 Å². The molecule has 1 unspecified atom stereocenters. The fraction of sp³-hybridized carbons (Fsp3) is 1.00. The topological polar surface area (TPSA) is 41.9 Å². The van der Waals surface area contributed by atoms with Crippen LogP contribution in [-0.2, 0) is 9.47 Å². The van der Waals surface area contributed by atoms with E-state index >= 15 is 0 Å². The van der Waals surface area contributed by atoms with E-state index in [9.17, 15) is 5.11 Å². The summed E-state index contributed by atoms with van der Waals surface area (Å²) in [5, 5.41) is 9.61. The zero-order valence-electron chi connectivity index (χ0n) is 9.70. The number of rotatable bonds is 4. The minimum Gasteiger partial charge on any atom is -0.392 e. The number of methoxy groups -OCH3 is 2. The molecular weight excluding hydrogens is 182 g/mol. The van der Waals surface area contributed by atoms with Gasteiger partial charge in [0.2, 0.25) is 0 Å². The highest BCUT2D eigenvalue weighted by Crippen LogP contribution is 2.33. The van der Waals surface area contributed by atoms with E-state index in [1.54, 1.807) is 21.1 Å². The highest BCUT2D eigenvalue weighted by molar-refractivity contribution is 4.99. The lowest BCUT2D eigenvalue weighted by Gasteiger charge is -2.55. The first-order chi connectivity index (χ1) is 6.38. The Morgan fingerprint density at radius 1 is 1.29 bits per heavy atom. The Morgan fingerprint density at radius 3 is 2.00 bits per heavy atom. The molecule has 1 heterocycles. The van der Waals surface area contributed by atoms with Crippen LogP contribution in [0.2, 0.25) is 0 Å². The van der Waals surface area contributed by atoms with E-state index in [4.69, 9.17) is 9.47 Å². The molecule has 84 valence electrons. The number of nitrogens with zero attached hydrogens (tertiary/aromatic N) is 1. The zero-order valence-corrected chi connectivity index (χ0v) is 9.70. The summed E-state index contributed by atoms with van der Waals surface area (Å²) < 4.78 is 10.6. The molecule has 0 aromatic heterocycles. The maximum absolute atomic E-state index is 9.61. The molecule has 0 aromatic rings. The molecule has 1 N–H and O–H groups in total. The van der Waals surface area contributed by atoms with Crippen molar-refractivity contribution in [1.29, 1.82) is 0 Å². The Morgan fingerprint density at radius 2 is 1.71 bits per heavy atom. The van der Waals surface area contributed by atoms with Gasteiger partial charge in [-0.05, 0) is 20.8 Å². The third kappa shape index (κ3) is 1.80. The average molecular weight is 203 g/mol. The van der Waals surface area contributed by atoms with Gasteiger partial charge in [-0.1, -0.05) is 0 Å². The van der Waals surface area contributed by atoms with E-state index in [2.05, 4.69) is 4.90 Å². The molecule has 4 heteroatoms. The van der Waals surface area contributed by atoms with Gasteiger partial charge in [0.15, 0.2) is 5.79 Å². The van der Waals surface area contributed by atoms with Crippen molar-refractivity contribution in [3.05, 3.63) is 0 Å². The minimum absolute atomic E-state index is 0.222. The lowest BCUT2D eigenvalue weighted by Crippen LogP contribution is -2.71. The SMILES string of the molecule is COC1(OC)CN(C(C)(C)C(C)O)C1. The normalized spacial score (nSPS) is 24.4. The quantitative estimate of drug-likeness (QED) is 0.674. The molecule has 1 aliphatic heterocycles. The van der Waals surface area contributed by atoms with Gasteiger partial charge in [-0.3, -0.25) is 4.90 Å². The summed E-state index contributed by atoms with van der Waals surface area (Å²) in [7, 11) is 3.30. The maximum Gasteiger partial charge on any atom is 0.193 e. The van der Waals surface area contributed by atoms with Crippen LogP contribution in [0.25, 0.3) is 0 Å². The Bertz CT molecular complexity index is 192.